The zero-order chi connectivity index (χ0) is 22.2. The van der Waals surface area contributed by atoms with Crippen LogP contribution in [0.15, 0.2) is 46.8 Å². The molecule has 1 aromatic carbocycles. The summed E-state index contributed by atoms with van der Waals surface area (Å²) in [5, 5.41) is 15.7. The number of aromatic nitrogens is 4. The number of tetrazole rings is 1. The molecule has 10 heteroatoms. The summed E-state index contributed by atoms with van der Waals surface area (Å²) in [6.07, 6.45) is 1.82. The zero-order valence-electron chi connectivity index (χ0n) is 18.0. The first-order valence-corrected chi connectivity index (χ1v) is 11.2. The second-order valence-corrected chi connectivity index (χ2v) is 9.52. The Morgan fingerprint density at radius 1 is 1.26 bits per heavy atom. The van der Waals surface area contributed by atoms with Crippen molar-refractivity contribution in [3.8, 4) is 0 Å². The molecule has 1 atom stereocenters. The van der Waals surface area contributed by atoms with E-state index in [0.29, 0.717) is 22.2 Å². The molecule has 0 saturated heterocycles. The van der Waals surface area contributed by atoms with Gasteiger partial charge in [0.15, 0.2) is 0 Å². The third-order valence-electron chi connectivity index (χ3n) is 5.24. The first-order valence-electron chi connectivity index (χ1n) is 10.2. The fourth-order valence-electron chi connectivity index (χ4n) is 3.61. The van der Waals surface area contributed by atoms with Crippen molar-refractivity contribution < 1.29 is 14.3 Å². The molecule has 1 unspecified atom stereocenters. The minimum absolute atomic E-state index is 0.0885. The van der Waals surface area contributed by atoms with Crippen LogP contribution < -0.4 is 5.32 Å². The highest BCUT2D eigenvalue weighted by Crippen LogP contribution is 2.40. The van der Waals surface area contributed by atoms with Crippen LogP contribution in [0.25, 0.3) is 0 Å². The summed E-state index contributed by atoms with van der Waals surface area (Å²) < 4.78 is 6.89. The minimum Gasteiger partial charge on any atom is -0.466 e. The summed E-state index contributed by atoms with van der Waals surface area (Å²) in [5.74, 6) is -0.0840. The third kappa shape index (κ3) is 4.30. The number of thioether (sulfide) groups is 1. The monoisotopic (exact) mass is 442 g/mol. The van der Waals surface area contributed by atoms with Crippen molar-refractivity contribution in [1.29, 1.82) is 0 Å². The maximum absolute atomic E-state index is 13.1. The molecular weight excluding hydrogens is 416 g/mol. The number of nitrogens with one attached hydrogen (secondary N) is 1. The quantitative estimate of drug-likeness (QED) is 0.542. The number of ether oxygens (including phenoxy) is 1. The SMILES string of the molecule is COC(=O)C1=C(CSc2nnnn2C(C)(C)C)N(C2CC2)C(=O)NC1c1ccccc1. The molecule has 4 rings (SSSR count). The van der Waals surface area contributed by atoms with Crippen molar-refractivity contribution >= 4 is 23.8 Å². The van der Waals surface area contributed by atoms with Gasteiger partial charge in [-0.15, -0.1) is 5.10 Å². The zero-order valence-corrected chi connectivity index (χ0v) is 18.8. The Kier molecular flexibility index (Phi) is 5.74. The molecule has 164 valence electrons. The first-order chi connectivity index (χ1) is 14.8. The number of amides is 2. The Morgan fingerprint density at radius 2 is 1.97 bits per heavy atom. The molecule has 2 heterocycles. The number of benzene rings is 1. The molecule has 0 bridgehead atoms. The van der Waals surface area contributed by atoms with Gasteiger partial charge in [-0.1, -0.05) is 42.1 Å². The van der Waals surface area contributed by atoms with Gasteiger partial charge < -0.3 is 10.1 Å². The topological polar surface area (TPSA) is 102 Å². The molecule has 2 amide bonds. The van der Waals surface area contributed by atoms with E-state index in [2.05, 4.69) is 20.8 Å². The van der Waals surface area contributed by atoms with Gasteiger partial charge in [0.05, 0.1) is 24.3 Å². The van der Waals surface area contributed by atoms with Crippen molar-refractivity contribution in [2.45, 2.75) is 56.4 Å². The molecule has 2 aliphatic rings. The van der Waals surface area contributed by atoms with Crippen LogP contribution in [0.4, 0.5) is 4.79 Å². The number of carbonyl (C=O) groups excluding carboxylic acids is 2. The summed E-state index contributed by atoms with van der Waals surface area (Å²) in [6.45, 7) is 6.05. The standard InChI is InChI=1S/C21H26N6O3S/c1-21(2,3)27-20(23-24-25-27)31-12-15-16(18(28)30-4)17(13-8-6-5-7-9-13)22-19(29)26(15)14-10-11-14/h5-9,14,17H,10-12H2,1-4H3,(H,22,29). The van der Waals surface area contributed by atoms with Crippen LogP contribution in [-0.4, -0.2) is 56.0 Å². The number of methoxy groups -OCH3 is 1. The van der Waals surface area contributed by atoms with E-state index in [9.17, 15) is 9.59 Å². The molecule has 1 aliphatic carbocycles. The third-order valence-corrected chi connectivity index (χ3v) is 6.17. The Morgan fingerprint density at radius 3 is 2.58 bits per heavy atom. The van der Waals surface area contributed by atoms with E-state index in [-0.39, 0.29) is 17.6 Å². The van der Waals surface area contributed by atoms with Gasteiger partial charge in [0.1, 0.15) is 0 Å². The highest BCUT2D eigenvalue weighted by molar-refractivity contribution is 7.99. The largest absolute Gasteiger partial charge is 0.466 e. The lowest BCUT2D eigenvalue weighted by Gasteiger charge is -2.36. The lowest BCUT2D eigenvalue weighted by atomic mass is 9.95. The van der Waals surface area contributed by atoms with Gasteiger partial charge in [-0.25, -0.2) is 14.3 Å². The highest BCUT2D eigenvalue weighted by atomic mass is 32.2. The summed E-state index contributed by atoms with van der Waals surface area (Å²) >= 11 is 1.41. The minimum atomic E-state index is -0.578. The number of carbonyl (C=O) groups is 2. The molecule has 2 aromatic rings. The van der Waals surface area contributed by atoms with Crippen LogP contribution in [0.1, 0.15) is 45.2 Å². The first kappa shape index (κ1) is 21.4. The van der Waals surface area contributed by atoms with E-state index in [4.69, 9.17) is 4.74 Å². The highest BCUT2D eigenvalue weighted by Gasteiger charge is 2.44. The molecule has 0 radical (unpaired) electrons. The summed E-state index contributed by atoms with van der Waals surface area (Å²) in [7, 11) is 1.36. The Bertz CT molecular complexity index is 1010. The lowest BCUT2D eigenvalue weighted by Crippen LogP contribution is -2.50. The van der Waals surface area contributed by atoms with Crippen LogP contribution in [-0.2, 0) is 15.1 Å². The number of urea groups is 1. The summed E-state index contributed by atoms with van der Waals surface area (Å²) in [6, 6.07) is 8.77. The van der Waals surface area contributed by atoms with E-state index in [1.807, 2.05) is 51.1 Å². The predicted molar refractivity (Wildman–Crippen MR) is 115 cm³/mol. The van der Waals surface area contributed by atoms with Crippen LogP contribution in [0, 0.1) is 0 Å². The molecule has 1 N–H and O–H groups in total. The molecule has 1 fully saturated rings. The number of nitrogens with zero attached hydrogens (tertiary/aromatic N) is 5. The summed E-state index contributed by atoms with van der Waals surface area (Å²) in [4.78, 5) is 27.7. The molecule has 9 nitrogen and oxygen atoms in total. The Labute approximate surface area is 185 Å². The number of esters is 1. The average Bonchev–Trinajstić information content (AvgIpc) is 3.46. The molecule has 31 heavy (non-hydrogen) atoms. The van der Waals surface area contributed by atoms with Gasteiger partial charge in [-0.2, -0.15) is 0 Å². The van der Waals surface area contributed by atoms with Crippen LogP contribution in [0.3, 0.4) is 0 Å². The normalized spacial score (nSPS) is 19.4. The molecular formula is C21H26N6O3S. The van der Waals surface area contributed by atoms with Crippen LogP contribution >= 0.6 is 11.8 Å². The van der Waals surface area contributed by atoms with Crippen molar-refractivity contribution in [3.63, 3.8) is 0 Å². The molecule has 1 saturated carbocycles. The maximum atomic E-state index is 13.1. The van der Waals surface area contributed by atoms with Crippen LogP contribution in [0.5, 0.6) is 0 Å². The Hall–Kier alpha value is -2.88. The van der Waals surface area contributed by atoms with Crippen molar-refractivity contribution in [2.75, 3.05) is 12.9 Å². The number of rotatable bonds is 6. The number of hydrogen-bond acceptors (Lipinski definition) is 7. The van der Waals surface area contributed by atoms with E-state index in [1.54, 1.807) is 9.58 Å². The van der Waals surface area contributed by atoms with E-state index in [0.717, 1.165) is 18.4 Å². The van der Waals surface area contributed by atoms with Gasteiger partial charge in [0, 0.05) is 17.5 Å². The van der Waals surface area contributed by atoms with Gasteiger partial charge in [-0.3, -0.25) is 4.90 Å². The number of hydrogen-bond donors (Lipinski definition) is 1. The average molecular weight is 443 g/mol. The van der Waals surface area contributed by atoms with Gasteiger partial charge in [0.2, 0.25) is 5.16 Å². The smallest absolute Gasteiger partial charge is 0.338 e. The van der Waals surface area contributed by atoms with E-state index < -0.39 is 12.0 Å². The molecule has 1 aliphatic heterocycles. The summed E-state index contributed by atoms with van der Waals surface area (Å²) in [5.41, 5.74) is 1.63. The fourth-order valence-corrected chi connectivity index (χ4v) is 4.70. The lowest BCUT2D eigenvalue weighted by molar-refractivity contribution is -0.136. The van der Waals surface area contributed by atoms with Crippen LogP contribution in [0.2, 0.25) is 0 Å². The molecule has 0 spiro atoms. The van der Waals surface area contributed by atoms with Crippen molar-refractivity contribution in [3.05, 3.63) is 47.2 Å². The molecule has 1 aromatic heterocycles. The van der Waals surface area contributed by atoms with Crippen molar-refractivity contribution in [1.82, 2.24) is 30.4 Å². The van der Waals surface area contributed by atoms with Gasteiger partial charge in [0.25, 0.3) is 0 Å². The van der Waals surface area contributed by atoms with Gasteiger partial charge >= 0.3 is 12.0 Å². The van der Waals surface area contributed by atoms with E-state index in [1.165, 1.54) is 18.9 Å². The fraction of sp³-hybridized carbons (Fsp3) is 0.476. The second-order valence-electron chi connectivity index (χ2n) is 8.58. The second kappa shape index (κ2) is 8.33. The van der Waals surface area contributed by atoms with Gasteiger partial charge in [-0.05, 0) is 49.6 Å². The maximum Gasteiger partial charge on any atom is 0.338 e. The predicted octanol–water partition coefficient (Wildman–Crippen LogP) is 2.88. The Balaban J connectivity index is 1.76. The van der Waals surface area contributed by atoms with E-state index >= 15 is 0 Å². The van der Waals surface area contributed by atoms with Crippen molar-refractivity contribution in [2.24, 2.45) is 0 Å².